The molecule has 1 aliphatic heterocycles. The van der Waals surface area contributed by atoms with Crippen LogP contribution in [0.15, 0.2) is 11.6 Å². The average Bonchev–Trinajstić information content (AvgIpc) is 3.61. The standard InChI is InChI=1S/C35H50N2O10/c1-19(2)30(31(43)37-15-5-6-24(37)32(44)45)36-27(41)9-10-28(42)47-18-26(40)35(46)14-12-23-22-8-7-20-16-21(38)11-13-33(20,3)29(22)25(39)17-34(23,35)4/h16,19,22-25,29-30,39,46H,5-15,17-18H2,1-4H3,(H,36,41)(H,44,45)/t22-,23+,24-,25-,29-,30-,33-,34-,35-/m0/s1. The molecule has 5 rings (SSSR count). The Labute approximate surface area is 275 Å². The third-order valence-corrected chi connectivity index (χ3v) is 12.5. The molecule has 0 unspecified atom stereocenters. The number of esters is 1. The molecule has 0 bridgehead atoms. The van der Waals surface area contributed by atoms with Crippen molar-refractivity contribution in [1.29, 1.82) is 0 Å². The number of hydrogen-bond acceptors (Lipinski definition) is 9. The molecule has 12 nitrogen and oxygen atoms in total. The zero-order valence-electron chi connectivity index (χ0n) is 28.0. The van der Waals surface area contributed by atoms with Crippen LogP contribution in [0.4, 0.5) is 0 Å². The van der Waals surface area contributed by atoms with Crippen LogP contribution in [-0.2, 0) is 33.5 Å². The minimum atomic E-state index is -1.78. The van der Waals surface area contributed by atoms with E-state index in [1.165, 1.54) is 4.90 Å². The summed E-state index contributed by atoms with van der Waals surface area (Å²) in [5, 5.41) is 35.5. The highest BCUT2D eigenvalue weighted by Gasteiger charge is 2.68. The van der Waals surface area contributed by atoms with Crippen LogP contribution in [0.2, 0.25) is 0 Å². The Kier molecular flexibility index (Phi) is 9.78. The number of Topliss-reactive ketones (excluding diaryl/α,β-unsaturated/α-hetero) is 1. The normalized spacial score (nSPS) is 36.9. The molecule has 47 heavy (non-hydrogen) atoms. The molecule has 9 atom stereocenters. The topological polar surface area (TPSA) is 188 Å². The van der Waals surface area contributed by atoms with Crippen LogP contribution in [0.3, 0.4) is 0 Å². The first-order chi connectivity index (χ1) is 22.0. The molecule has 12 heteroatoms. The first-order valence-electron chi connectivity index (χ1n) is 17.2. The van der Waals surface area contributed by atoms with E-state index < -0.39 is 65.3 Å². The van der Waals surface area contributed by atoms with Crippen LogP contribution in [-0.4, -0.2) is 92.5 Å². The number of carboxylic acid groups (broad SMARTS) is 1. The number of carbonyl (C=O) groups is 6. The second kappa shape index (κ2) is 13.1. The van der Waals surface area contributed by atoms with Gasteiger partial charge in [0.1, 0.15) is 17.7 Å². The maximum Gasteiger partial charge on any atom is 0.326 e. The number of aliphatic carboxylic acids is 1. The first kappa shape index (κ1) is 35.2. The van der Waals surface area contributed by atoms with E-state index >= 15 is 0 Å². The number of carboxylic acids is 1. The average molecular weight is 659 g/mol. The van der Waals surface area contributed by atoms with Crippen molar-refractivity contribution in [3.05, 3.63) is 11.6 Å². The number of aliphatic hydroxyl groups is 2. The van der Waals surface area contributed by atoms with Gasteiger partial charge < -0.3 is 30.3 Å². The Hall–Kier alpha value is -3.12. The summed E-state index contributed by atoms with van der Waals surface area (Å²) in [5.41, 5.74) is -1.88. The van der Waals surface area contributed by atoms with Crippen molar-refractivity contribution in [2.24, 2.45) is 34.5 Å². The van der Waals surface area contributed by atoms with E-state index in [4.69, 9.17) is 4.74 Å². The lowest BCUT2D eigenvalue weighted by Crippen LogP contribution is -2.62. The van der Waals surface area contributed by atoms with E-state index in [2.05, 4.69) is 12.2 Å². The smallest absolute Gasteiger partial charge is 0.326 e. The van der Waals surface area contributed by atoms with Crippen LogP contribution in [0, 0.1) is 34.5 Å². The van der Waals surface area contributed by atoms with E-state index in [9.17, 15) is 44.1 Å². The molecule has 260 valence electrons. The Morgan fingerprint density at radius 3 is 2.47 bits per heavy atom. The summed E-state index contributed by atoms with van der Waals surface area (Å²) in [6.45, 7) is 7.11. The number of aliphatic hydroxyl groups excluding tert-OH is 1. The lowest BCUT2D eigenvalue weighted by molar-refractivity contribution is -0.184. The molecule has 4 fully saturated rings. The van der Waals surface area contributed by atoms with E-state index in [-0.39, 0.29) is 60.6 Å². The second-order valence-electron chi connectivity index (χ2n) is 15.4. The van der Waals surface area contributed by atoms with E-state index in [0.29, 0.717) is 38.6 Å². The van der Waals surface area contributed by atoms with Gasteiger partial charge in [0.05, 0.1) is 12.5 Å². The van der Waals surface area contributed by atoms with E-state index in [0.717, 1.165) is 18.4 Å². The number of hydrogen-bond donors (Lipinski definition) is 4. The number of amides is 2. The molecule has 0 aromatic heterocycles. The predicted octanol–water partition coefficient (Wildman–Crippen LogP) is 2.33. The first-order valence-corrected chi connectivity index (χ1v) is 17.2. The van der Waals surface area contributed by atoms with E-state index in [1.807, 2.05) is 6.92 Å². The third-order valence-electron chi connectivity index (χ3n) is 12.5. The van der Waals surface area contributed by atoms with Gasteiger partial charge in [-0.25, -0.2) is 4.79 Å². The minimum Gasteiger partial charge on any atom is -0.480 e. The fourth-order valence-electron chi connectivity index (χ4n) is 9.93. The number of rotatable bonds is 10. The summed E-state index contributed by atoms with van der Waals surface area (Å²) in [5.74, 6) is -3.75. The number of ether oxygens (including phenoxy) is 1. The molecule has 0 aromatic rings. The zero-order valence-corrected chi connectivity index (χ0v) is 28.0. The van der Waals surface area contributed by atoms with Crippen LogP contribution >= 0.6 is 0 Å². The third kappa shape index (κ3) is 6.16. The van der Waals surface area contributed by atoms with Crippen LogP contribution in [0.5, 0.6) is 0 Å². The van der Waals surface area contributed by atoms with Gasteiger partial charge in [0.2, 0.25) is 17.6 Å². The van der Waals surface area contributed by atoms with Crippen LogP contribution < -0.4 is 5.32 Å². The Balaban J connectivity index is 1.15. The zero-order chi connectivity index (χ0) is 34.5. The molecule has 2 amide bonds. The number of ketones is 2. The molecule has 4 aliphatic carbocycles. The van der Waals surface area contributed by atoms with Crippen LogP contribution in [0.1, 0.15) is 98.3 Å². The van der Waals surface area contributed by atoms with Crippen molar-refractivity contribution < 1.29 is 48.8 Å². The number of fused-ring (bicyclic) bond motifs is 5. The highest BCUT2D eigenvalue weighted by molar-refractivity contribution is 5.93. The van der Waals surface area contributed by atoms with Crippen molar-refractivity contribution in [2.75, 3.05) is 13.2 Å². The fraction of sp³-hybridized carbons (Fsp3) is 0.771. The lowest BCUT2D eigenvalue weighted by Gasteiger charge is -2.60. The van der Waals surface area contributed by atoms with Gasteiger partial charge in [-0.3, -0.25) is 24.0 Å². The lowest BCUT2D eigenvalue weighted by atomic mass is 9.45. The molecule has 4 N–H and O–H groups in total. The van der Waals surface area contributed by atoms with Gasteiger partial charge >= 0.3 is 11.9 Å². The summed E-state index contributed by atoms with van der Waals surface area (Å²) in [4.78, 5) is 76.9. The largest absolute Gasteiger partial charge is 0.480 e. The van der Waals surface area contributed by atoms with Gasteiger partial charge in [0.25, 0.3) is 0 Å². The number of nitrogens with zero attached hydrogens (tertiary/aromatic N) is 1. The molecule has 0 spiro atoms. The molecule has 0 aromatic carbocycles. The summed E-state index contributed by atoms with van der Waals surface area (Å²) in [7, 11) is 0. The SMILES string of the molecule is CC(C)[C@H](NC(=O)CCC(=O)OCC(=O)[C@@]1(O)CC[C@@H]2[C@@H]3CCC4=CC(=O)CC[C@]4(C)[C@@H]3[C@@H](O)C[C@@]21C)C(=O)N1CCC[C@H]1C(=O)O. The number of allylic oxidation sites excluding steroid dienone is 1. The number of nitrogens with one attached hydrogen (secondary N) is 1. The van der Waals surface area contributed by atoms with Crippen molar-refractivity contribution in [3.8, 4) is 0 Å². The number of likely N-dealkylation sites (tertiary alicyclic amines) is 1. The molecule has 5 aliphatic rings. The van der Waals surface area contributed by atoms with Gasteiger partial charge in [-0.2, -0.15) is 0 Å². The minimum absolute atomic E-state index is 0.0109. The monoisotopic (exact) mass is 658 g/mol. The Morgan fingerprint density at radius 2 is 1.79 bits per heavy atom. The van der Waals surface area contributed by atoms with Crippen molar-refractivity contribution in [2.45, 2.75) is 122 Å². The Morgan fingerprint density at radius 1 is 1.06 bits per heavy atom. The van der Waals surface area contributed by atoms with Crippen LogP contribution in [0.25, 0.3) is 0 Å². The fourth-order valence-corrected chi connectivity index (χ4v) is 9.93. The van der Waals surface area contributed by atoms with Crippen molar-refractivity contribution >= 4 is 35.3 Å². The molecule has 3 saturated carbocycles. The molecule has 1 heterocycles. The van der Waals surface area contributed by atoms with E-state index in [1.54, 1.807) is 19.9 Å². The quantitative estimate of drug-likeness (QED) is 0.254. The van der Waals surface area contributed by atoms with Gasteiger partial charge in [-0.15, -0.1) is 0 Å². The number of carbonyl (C=O) groups excluding carboxylic acids is 5. The second-order valence-corrected chi connectivity index (χ2v) is 15.4. The van der Waals surface area contributed by atoms with Gasteiger partial charge in [0.15, 0.2) is 12.4 Å². The maximum absolute atomic E-state index is 13.5. The van der Waals surface area contributed by atoms with Crippen molar-refractivity contribution in [3.63, 3.8) is 0 Å². The Bertz CT molecular complexity index is 1360. The highest BCUT2D eigenvalue weighted by atomic mass is 16.5. The highest BCUT2D eigenvalue weighted by Crippen LogP contribution is 2.67. The van der Waals surface area contributed by atoms with Gasteiger partial charge in [-0.05, 0) is 86.5 Å². The molecular formula is C35H50N2O10. The molecule has 1 saturated heterocycles. The summed E-state index contributed by atoms with van der Waals surface area (Å²) in [6, 6.07) is -1.88. The van der Waals surface area contributed by atoms with Crippen molar-refractivity contribution in [1.82, 2.24) is 10.2 Å². The summed E-state index contributed by atoms with van der Waals surface area (Å²) >= 11 is 0. The van der Waals surface area contributed by atoms with Gasteiger partial charge in [0, 0.05) is 24.8 Å². The maximum atomic E-state index is 13.5. The summed E-state index contributed by atoms with van der Waals surface area (Å²) < 4.78 is 5.24. The predicted molar refractivity (Wildman–Crippen MR) is 167 cm³/mol. The summed E-state index contributed by atoms with van der Waals surface area (Å²) in [6.07, 6.45) is 4.97. The van der Waals surface area contributed by atoms with Gasteiger partial charge in [-0.1, -0.05) is 33.3 Å². The molecular weight excluding hydrogens is 608 g/mol. The molecule has 0 radical (unpaired) electrons.